The van der Waals surface area contributed by atoms with Crippen LogP contribution in [-0.4, -0.2) is 18.8 Å². The molecule has 0 unspecified atom stereocenters. The van der Waals surface area contributed by atoms with Crippen molar-refractivity contribution in [1.29, 1.82) is 0 Å². The van der Waals surface area contributed by atoms with E-state index >= 15 is 0 Å². The number of alkyl halides is 4. The maximum Gasteiger partial charge on any atom is 0.405 e. The van der Waals surface area contributed by atoms with Crippen molar-refractivity contribution >= 4 is 21.6 Å². The molecular weight excluding hydrogens is 295 g/mol. The van der Waals surface area contributed by atoms with Gasteiger partial charge in [-0.3, -0.25) is 0 Å². The van der Waals surface area contributed by atoms with Crippen LogP contribution in [0.3, 0.4) is 0 Å². The van der Waals surface area contributed by atoms with Crippen molar-refractivity contribution in [2.24, 2.45) is 0 Å². The molecule has 0 spiro atoms. The van der Waals surface area contributed by atoms with Gasteiger partial charge in [0, 0.05) is 17.1 Å². The third-order valence-electron chi connectivity index (χ3n) is 2.76. The third-order valence-corrected chi connectivity index (χ3v) is 3.41. The Labute approximate surface area is 107 Å². The SMILES string of the molecule is FC(F)(F)CN(c1ccc(CBr)cc1)C1CC1. The summed E-state index contributed by atoms with van der Waals surface area (Å²) in [6.45, 7) is -0.856. The zero-order chi connectivity index (χ0) is 12.5. The lowest BCUT2D eigenvalue weighted by Gasteiger charge is -2.26. The summed E-state index contributed by atoms with van der Waals surface area (Å²) in [5.41, 5.74) is 1.73. The molecule has 0 atom stereocenters. The van der Waals surface area contributed by atoms with Crippen molar-refractivity contribution < 1.29 is 13.2 Å². The second-order valence-corrected chi connectivity index (χ2v) is 4.84. The summed E-state index contributed by atoms with van der Waals surface area (Å²) < 4.78 is 37.4. The Morgan fingerprint density at radius 1 is 1.18 bits per heavy atom. The van der Waals surface area contributed by atoms with Crippen LogP contribution in [0.4, 0.5) is 18.9 Å². The molecule has 0 amide bonds. The summed E-state index contributed by atoms with van der Waals surface area (Å²) in [5, 5.41) is 0.718. The highest BCUT2D eigenvalue weighted by Gasteiger charge is 2.38. The second-order valence-electron chi connectivity index (χ2n) is 4.27. The highest BCUT2D eigenvalue weighted by atomic mass is 79.9. The van der Waals surface area contributed by atoms with Gasteiger partial charge in [-0.05, 0) is 30.5 Å². The van der Waals surface area contributed by atoms with Gasteiger partial charge in [0.05, 0.1) is 0 Å². The van der Waals surface area contributed by atoms with E-state index in [1.54, 1.807) is 12.1 Å². The van der Waals surface area contributed by atoms with Gasteiger partial charge in [-0.2, -0.15) is 13.2 Å². The molecule has 1 aromatic rings. The molecular formula is C12H13BrF3N. The Morgan fingerprint density at radius 2 is 1.76 bits per heavy atom. The van der Waals surface area contributed by atoms with Crippen LogP contribution in [0.2, 0.25) is 0 Å². The first-order valence-corrected chi connectivity index (χ1v) is 6.60. The lowest BCUT2D eigenvalue weighted by molar-refractivity contribution is -0.120. The summed E-state index contributed by atoms with van der Waals surface area (Å²) in [7, 11) is 0. The lowest BCUT2D eigenvalue weighted by atomic mass is 10.2. The van der Waals surface area contributed by atoms with Gasteiger partial charge >= 0.3 is 6.18 Å². The molecule has 0 aliphatic heterocycles. The molecule has 1 aliphatic rings. The number of benzene rings is 1. The molecule has 1 aliphatic carbocycles. The predicted octanol–water partition coefficient (Wildman–Crippen LogP) is 4.11. The molecule has 1 nitrogen and oxygen atoms in total. The van der Waals surface area contributed by atoms with Gasteiger partial charge in [0.2, 0.25) is 0 Å². The Balaban J connectivity index is 2.14. The molecule has 1 saturated carbocycles. The van der Waals surface area contributed by atoms with E-state index in [0.717, 1.165) is 23.7 Å². The molecule has 0 heterocycles. The average molecular weight is 308 g/mol. The zero-order valence-electron chi connectivity index (χ0n) is 9.17. The van der Waals surface area contributed by atoms with E-state index in [9.17, 15) is 13.2 Å². The fourth-order valence-corrected chi connectivity index (χ4v) is 2.16. The largest absolute Gasteiger partial charge is 0.405 e. The smallest absolute Gasteiger partial charge is 0.360 e. The molecule has 1 aromatic carbocycles. The van der Waals surface area contributed by atoms with E-state index in [0.29, 0.717) is 5.69 Å². The molecule has 0 N–H and O–H groups in total. The van der Waals surface area contributed by atoms with Gasteiger partial charge < -0.3 is 4.90 Å². The Bertz CT molecular complexity index is 370. The van der Waals surface area contributed by atoms with Gasteiger partial charge in [0.25, 0.3) is 0 Å². The first-order valence-electron chi connectivity index (χ1n) is 5.48. The minimum absolute atomic E-state index is 0.0615. The van der Waals surface area contributed by atoms with Crippen LogP contribution >= 0.6 is 15.9 Å². The number of nitrogens with zero attached hydrogens (tertiary/aromatic N) is 1. The van der Waals surface area contributed by atoms with Crippen LogP contribution in [-0.2, 0) is 5.33 Å². The van der Waals surface area contributed by atoms with Crippen molar-refractivity contribution in [3.63, 3.8) is 0 Å². The summed E-state index contributed by atoms with van der Waals surface area (Å²) in [4.78, 5) is 1.46. The summed E-state index contributed by atoms with van der Waals surface area (Å²) in [5.74, 6) is 0. The maximum atomic E-state index is 12.5. The maximum absolute atomic E-state index is 12.5. The molecule has 0 radical (unpaired) electrons. The standard InChI is InChI=1S/C12H13BrF3N/c13-7-9-1-3-10(4-2-9)17(11-5-6-11)8-12(14,15)16/h1-4,11H,5-8H2. The monoisotopic (exact) mass is 307 g/mol. The van der Waals surface area contributed by atoms with Crippen LogP contribution in [0.1, 0.15) is 18.4 Å². The van der Waals surface area contributed by atoms with Crippen LogP contribution in [0, 0.1) is 0 Å². The molecule has 0 bridgehead atoms. The Hall–Kier alpha value is -0.710. The van der Waals surface area contributed by atoms with Crippen LogP contribution in [0.25, 0.3) is 0 Å². The van der Waals surface area contributed by atoms with E-state index in [1.165, 1.54) is 4.90 Å². The molecule has 1 fully saturated rings. The second kappa shape index (κ2) is 4.88. The molecule has 5 heteroatoms. The normalized spacial score (nSPS) is 16.0. The van der Waals surface area contributed by atoms with E-state index in [2.05, 4.69) is 15.9 Å². The number of anilines is 1. The topological polar surface area (TPSA) is 3.24 Å². The quantitative estimate of drug-likeness (QED) is 0.757. The van der Waals surface area contributed by atoms with Gasteiger partial charge in [-0.25, -0.2) is 0 Å². The van der Waals surface area contributed by atoms with Crippen LogP contribution < -0.4 is 4.90 Å². The zero-order valence-corrected chi connectivity index (χ0v) is 10.8. The molecule has 0 saturated heterocycles. The highest BCUT2D eigenvalue weighted by molar-refractivity contribution is 9.08. The number of hydrogen-bond donors (Lipinski definition) is 0. The van der Waals surface area contributed by atoms with E-state index < -0.39 is 12.7 Å². The van der Waals surface area contributed by atoms with Crippen molar-refractivity contribution in [2.45, 2.75) is 30.4 Å². The van der Waals surface area contributed by atoms with Gasteiger partial charge in [-0.1, -0.05) is 28.1 Å². The third kappa shape index (κ3) is 3.63. The predicted molar refractivity (Wildman–Crippen MR) is 65.5 cm³/mol. The number of hydrogen-bond acceptors (Lipinski definition) is 1. The van der Waals surface area contributed by atoms with E-state index in [4.69, 9.17) is 0 Å². The van der Waals surface area contributed by atoms with Crippen LogP contribution in [0.15, 0.2) is 24.3 Å². The number of halogens is 4. The molecule has 2 rings (SSSR count). The fourth-order valence-electron chi connectivity index (χ4n) is 1.79. The Morgan fingerprint density at radius 3 is 2.18 bits per heavy atom. The molecule has 0 aromatic heterocycles. The van der Waals surface area contributed by atoms with Crippen molar-refractivity contribution in [1.82, 2.24) is 0 Å². The minimum atomic E-state index is -4.14. The first kappa shape index (κ1) is 12.7. The molecule has 94 valence electrons. The lowest BCUT2D eigenvalue weighted by Crippen LogP contribution is -2.35. The Kier molecular flexibility index (Phi) is 3.66. The van der Waals surface area contributed by atoms with Crippen molar-refractivity contribution in [3.05, 3.63) is 29.8 Å². The summed E-state index contributed by atoms with van der Waals surface area (Å²) in [6, 6.07) is 7.30. The van der Waals surface area contributed by atoms with E-state index in [-0.39, 0.29) is 6.04 Å². The number of rotatable bonds is 4. The molecule has 17 heavy (non-hydrogen) atoms. The highest BCUT2D eigenvalue weighted by Crippen LogP contribution is 2.34. The van der Waals surface area contributed by atoms with Gasteiger partial charge in [0.15, 0.2) is 0 Å². The summed E-state index contributed by atoms with van der Waals surface area (Å²) in [6.07, 6.45) is -2.43. The van der Waals surface area contributed by atoms with Gasteiger partial charge in [0.1, 0.15) is 6.54 Å². The van der Waals surface area contributed by atoms with E-state index in [1.807, 2.05) is 12.1 Å². The van der Waals surface area contributed by atoms with Crippen molar-refractivity contribution in [3.8, 4) is 0 Å². The van der Waals surface area contributed by atoms with Crippen LogP contribution in [0.5, 0.6) is 0 Å². The first-order chi connectivity index (χ1) is 7.99. The van der Waals surface area contributed by atoms with Crippen molar-refractivity contribution in [2.75, 3.05) is 11.4 Å². The summed E-state index contributed by atoms with van der Waals surface area (Å²) >= 11 is 3.32. The minimum Gasteiger partial charge on any atom is -0.360 e. The average Bonchev–Trinajstić information content (AvgIpc) is 3.09. The fraction of sp³-hybridized carbons (Fsp3) is 0.500. The van der Waals surface area contributed by atoms with Gasteiger partial charge in [-0.15, -0.1) is 0 Å².